The van der Waals surface area contributed by atoms with E-state index in [4.69, 9.17) is 0 Å². The fourth-order valence-corrected chi connectivity index (χ4v) is 3.00. The van der Waals surface area contributed by atoms with Crippen LogP contribution >= 0.6 is 0 Å². The van der Waals surface area contributed by atoms with E-state index in [1.807, 2.05) is 20.2 Å². The lowest BCUT2D eigenvalue weighted by Gasteiger charge is -2.17. The molecule has 2 aromatic heterocycles. The van der Waals surface area contributed by atoms with Gasteiger partial charge in [0.2, 0.25) is 5.95 Å². The van der Waals surface area contributed by atoms with Crippen molar-refractivity contribution in [1.82, 2.24) is 19.9 Å². The molecule has 0 amide bonds. The van der Waals surface area contributed by atoms with E-state index in [0.29, 0.717) is 18.1 Å². The number of likely N-dealkylation sites (tertiary alicyclic amines) is 1. The average molecular weight is 324 g/mol. The zero-order valence-corrected chi connectivity index (χ0v) is 13.9. The minimum absolute atomic E-state index is 0.122. The fraction of sp³-hybridized carbons (Fsp3) is 0.412. The molecule has 7 nitrogen and oxygen atoms in total. The Kier molecular flexibility index (Phi) is 4.58. The number of rotatable bonds is 4. The topological polar surface area (TPSA) is 88.9 Å². The van der Waals surface area contributed by atoms with Crippen molar-refractivity contribution in [3.05, 3.63) is 51.7 Å². The average Bonchev–Trinajstić information content (AvgIpc) is 3.03. The Bertz CT molecular complexity index is 822. The molecule has 0 bridgehead atoms. The molecule has 1 aliphatic rings. The zero-order valence-electron chi connectivity index (χ0n) is 13.9. The second-order valence-electron chi connectivity index (χ2n) is 6.25. The van der Waals surface area contributed by atoms with Gasteiger partial charge in [0.05, 0.1) is 11.3 Å². The smallest absolute Gasteiger partial charge is 0.252 e. The highest BCUT2D eigenvalue weighted by molar-refractivity contribution is 5.34. The highest BCUT2D eigenvalue weighted by atomic mass is 16.1. The van der Waals surface area contributed by atoms with Crippen molar-refractivity contribution in [2.75, 3.05) is 32.1 Å². The number of nitrogens with zero attached hydrogens (tertiary/aromatic N) is 5. The first-order valence-corrected chi connectivity index (χ1v) is 7.90. The van der Waals surface area contributed by atoms with Crippen molar-refractivity contribution >= 4 is 5.95 Å². The Morgan fingerprint density at radius 3 is 3.08 bits per heavy atom. The van der Waals surface area contributed by atoms with Crippen LogP contribution in [0.2, 0.25) is 0 Å². The molecule has 1 unspecified atom stereocenters. The van der Waals surface area contributed by atoms with Gasteiger partial charge in [-0.15, -0.1) is 0 Å². The predicted molar refractivity (Wildman–Crippen MR) is 90.8 cm³/mol. The molecule has 24 heavy (non-hydrogen) atoms. The molecule has 3 heterocycles. The van der Waals surface area contributed by atoms with E-state index in [1.54, 1.807) is 23.4 Å². The molecule has 124 valence electrons. The van der Waals surface area contributed by atoms with Gasteiger partial charge in [-0.25, -0.2) is 4.98 Å². The van der Waals surface area contributed by atoms with Gasteiger partial charge in [-0.2, -0.15) is 5.26 Å². The molecular weight excluding hydrogens is 304 g/mol. The van der Waals surface area contributed by atoms with Gasteiger partial charge in [0.1, 0.15) is 6.07 Å². The monoisotopic (exact) mass is 324 g/mol. The summed E-state index contributed by atoms with van der Waals surface area (Å²) >= 11 is 0. The molecule has 1 saturated heterocycles. The van der Waals surface area contributed by atoms with Crippen LogP contribution in [0.5, 0.6) is 0 Å². The summed E-state index contributed by atoms with van der Waals surface area (Å²) in [6, 6.07) is 5.67. The van der Waals surface area contributed by atoms with E-state index < -0.39 is 0 Å². The maximum atomic E-state index is 11.8. The molecule has 1 atom stereocenters. The third-order valence-corrected chi connectivity index (χ3v) is 4.29. The quantitative estimate of drug-likeness (QED) is 0.906. The van der Waals surface area contributed by atoms with Gasteiger partial charge in [0, 0.05) is 51.6 Å². The Balaban J connectivity index is 1.74. The SMILES string of the molecule is CN(C)c1nc(C2CCN(Cc3ccncc3C#N)C2)cc(=O)[nH]1. The van der Waals surface area contributed by atoms with Gasteiger partial charge in [0.25, 0.3) is 5.56 Å². The number of hydrogen-bond donors (Lipinski definition) is 1. The molecule has 0 spiro atoms. The molecule has 0 saturated carbocycles. The van der Waals surface area contributed by atoms with Crippen molar-refractivity contribution in [2.45, 2.75) is 18.9 Å². The van der Waals surface area contributed by atoms with Crippen LogP contribution in [0.4, 0.5) is 5.95 Å². The van der Waals surface area contributed by atoms with Crippen LogP contribution in [-0.2, 0) is 6.54 Å². The van der Waals surface area contributed by atoms with E-state index >= 15 is 0 Å². The number of anilines is 1. The van der Waals surface area contributed by atoms with Crippen LogP contribution in [0.25, 0.3) is 0 Å². The number of nitrogens with one attached hydrogen (secondary N) is 1. The number of hydrogen-bond acceptors (Lipinski definition) is 6. The highest BCUT2D eigenvalue weighted by Gasteiger charge is 2.26. The number of nitriles is 1. The Labute approximate surface area is 140 Å². The predicted octanol–water partition coefficient (Wildman–Crippen LogP) is 1.09. The molecule has 0 aromatic carbocycles. The highest BCUT2D eigenvalue weighted by Crippen LogP contribution is 2.27. The van der Waals surface area contributed by atoms with Gasteiger partial charge in [-0.05, 0) is 24.6 Å². The van der Waals surface area contributed by atoms with Crippen LogP contribution in [0.15, 0.2) is 29.3 Å². The van der Waals surface area contributed by atoms with Gasteiger partial charge in [0.15, 0.2) is 0 Å². The van der Waals surface area contributed by atoms with Gasteiger partial charge in [-0.3, -0.25) is 19.7 Å². The molecule has 1 aliphatic heterocycles. The van der Waals surface area contributed by atoms with Crippen LogP contribution in [-0.4, -0.2) is 47.0 Å². The molecule has 0 radical (unpaired) electrons. The number of H-pyrrole nitrogens is 1. The lowest BCUT2D eigenvalue weighted by Crippen LogP contribution is -2.23. The van der Waals surface area contributed by atoms with Crippen LogP contribution < -0.4 is 10.5 Å². The van der Waals surface area contributed by atoms with E-state index in [1.165, 1.54) is 0 Å². The van der Waals surface area contributed by atoms with Gasteiger partial charge in [-0.1, -0.05) is 0 Å². The molecule has 2 aromatic rings. The second-order valence-corrected chi connectivity index (χ2v) is 6.25. The Hall–Kier alpha value is -2.72. The molecule has 1 N–H and O–H groups in total. The standard InChI is InChI=1S/C17H20N6O/c1-22(2)17-20-15(7-16(24)21-17)13-4-6-23(11-13)10-12-3-5-19-9-14(12)8-18/h3,5,7,9,13H,4,6,10-11H2,1-2H3,(H,20,21,24). The summed E-state index contributed by atoms with van der Waals surface area (Å²) in [7, 11) is 3.71. The maximum absolute atomic E-state index is 11.8. The van der Waals surface area contributed by atoms with Crippen molar-refractivity contribution in [3.8, 4) is 6.07 Å². The fourth-order valence-electron chi connectivity index (χ4n) is 3.00. The first-order chi connectivity index (χ1) is 11.6. The third kappa shape index (κ3) is 3.44. The summed E-state index contributed by atoms with van der Waals surface area (Å²) in [5.74, 6) is 0.815. The summed E-state index contributed by atoms with van der Waals surface area (Å²) in [5, 5.41) is 9.17. The number of pyridine rings is 1. The first kappa shape index (κ1) is 16.1. The number of aromatic amines is 1. The van der Waals surface area contributed by atoms with Crippen LogP contribution in [0.3, 0.4) is 0 Å². The normalized spacial score (nSPS) is 17.6. The molecule has 7 heteroatoms. The van der Waals surface area contributed by atoms with Crippen LogP contribution in [0, 0.1) is 11.3 Å². The van der Waals surface area contributed by atoms with E-state index in [2.05, 4.69) is 25.9 Å². The number of aromatic nitrogens is 3. The summed E-state index contributed by atoms with van der Waals surface area (Å²) in [6.07, 6.45) is 4.27. The first-order valence-electron chi connectivity index (χ1n) is 7.90. The lowest BCUT2D eigenvalue weighted by atomic mass is 10.0. The van der Waals surface area contributed by atoms with Gasteiger partial charge < -0.3 is 4.90 Å². The van der Waals surface area contributed by atoms with Crippen molar-refractivity contribution in [3.63, 3.8) is 0 Å². The maximum Gasteiger partial charge on any atom is 0.252 e. The minimum Gasteiger partial charge on any atom is -0.348 e. The van der Waals surface area contributed by atoms with E-state index in [-0.39, 0.29) is 11.5 Å². The molecular formula is C17H20N6O. The minimum atomic E-state index is -0.122. The van der Waals surface area contributed by atoms with Crippen molar-refractivity contribution in [1.29, 1.82) is 5.26 Å². The second kappa shape index (κ2) is 6.81. The molecule has 3 rings (SSSR count). The summed E-state index contributed by atoms with van der Waals surface area (Å²) in [5.41, 5.74) is 2.31. The third-order valence-electron chi connectivity index (χ3n) is 4.29. The van der Waals surface area contributed by atoms with E-state index in [9.17, 15) is 10.1 Å². The van der Waals surface area contributed by atoms with Crippen LogP contribution in [0.1, 0.15) is 29.2 Å². The van der Waals surface area contributed by atoms with Gasteiger partial charge >= 0.3 is 0 Å². The summed E-state index contributed by atoms with van der Waals surface area (Å²) in [6.45, 7) is 2.46. The van der Waals surface area contributed by atoms with Crippen molar-refractivity contribution in [2.24, 2.45) is 0 Å². The van der Waals surface area contributed by atoms with E-state index in [0.717, 1.165) is 30.8 Å². The summed E-state index contributed by atoms with van der Waals surface area (Å²) in [4.78, 5) is 27.2. The molecule has 0 aliphatic carbocycles. The Morgan fingerprint density at radius 2 is 2.33 bits per heavy atom. The summed E-state index contributed by atoms with van der Waals surface area (Å²) < 4.78 is 0. The Morgan fingerprint density at radius 1 is 1.50 bits per heavy atom. The lowest BCUT2D eigenvalue weighted by molar-refractivity contribution is 0.326. The van der Waals surface area contributed by atoms with Crippen molar-refractivity contribution < 1.29 is 0 Å². The molecule has 1 fully saturated rings. The zero-order chi connectivity index (χ0) is 17.1. The largest absolute Gasteiger partial charge is 0.348 e.